The Morgan fingerprint density at radius 2 is 1.32 bits per heavy atom. The molecule has 0 saturated heterocycles. The normalized spacial score (nSPS) is 14.9. The predicted molar refractivity (Wildman–Crippen MR) is 286 cm³/mol. The van der Waals surface area contributed by atoms with E-state index in [1.165, 1.54) is 16.7 Å². The van der Waals surface area contributed by atoms with Crippen LogP contribution >= 0.6 is 0 Å². The molecule has 11 aromatic rings. The monoisotopic (exact) mass is 898 g/mol. The molecular weight excluding hydrogens is 843 g/mol. The average Bonchev–Trinajstić information content (AvgIpc) is 4.02. The molecule has 0 amide bonds. The number of nitrogens with zero attached hydrogens (tertiary/aromatic N) is 3. The van der Waals surface area contributed by atoms with E-state index in [1.807, 2.05) is 55.0 Å². The lowest BCUT2D eigenvalue weighted by molar-refractivity contribution is 0.224. The van der Waals surface area contributed by atoms with Gasteiger partial charge in [-0.15, -0.1) is 0 Å². The minimum atomic E-state index is -0.508. The van der Waals surface area contributed by atoms with Crippen LogP contribution in [0.4, 0.5) is 0 Å². The Bertz CT molecular complexity index is 3760. The zero-order valence-electron chi connectivity index (χ0n) is 40.9. The van der Waals surface area contributed by atoms with Crippen molar-refractivity contribution in [2.75, 3.05) is 0 Å². The summed E-state index contributed by atoms with van der Waals surface area (Å²) in [5.41, 5.74) is 12.4. The Hall–Kier alpha value is -7.76. The average molecular weight is 899 g/mol. The Morgan fingerprint density at radius 1 is 0.594 bits per heavy atom. The SMILES string of the molecule is [2H]C1(c2ccc(-c3ccc4c(ccc5cc6c(cc54)oc4c(-c5nccn5-c5ccc(-c7ccccc7)cc5C(C)(C)C)cc(Oc5cccc(-c7ccccn7)c5)cc46)c3)cc2)CCC(C)(C)CC1. The zero-order valence-corrected chi connectivity index (χ0v) is 39.9. The van der Waals surface area contributed by atoms with Gasteiger partial charge in [0.25, 0.3) is 0 Å². The lowest BCUT2D eigenvalue weighted by Crippen LogP contribution is -2.20. The van der Waals surface area contributed by atoms with E-state index < -0.39 is 5.89 Å². The van der Waals surface area contributed by atoms with Crippen molar-refractivity contribution >= 4 is 43.5 Å². The summed E-state index contributed by atoms with van der Waals surface area (Å²) in [5, 5.41) is 6.53. The Labute approximate surface area is 405 Å². The molecule has 69 heavy (non-hydrogen) atoms. The summed E-state index contributed by atoms with van der Waals surface area (Å²) in [7, 11) is 0. The molecule has 0 radical (unpaired) electrons. The van der Waals surface area contributed by atoms with Crippen LogP contribution in [0.15, 0.2) is 193 Å². The Morgan fingerprint density at radius 3 is 2.10 bits per heavy atom. The van der Waals surface area contributed by atoms with Gasteiger partial charge in [-0.25, -0.2) is 4.98 Å². The maximum atomic E-state index is 9.31. The van der Waals surface area contributed by atoms with Gasteiger partial charge in [-0.2, -0.15) is 0 Å². The van der Waals surface area contributed by atoms with Gasteiger partial charge in [0.05, 0.1) is 16.9 Å². The molecule has 0 spiro atoms. The third-order valence-corrected chi connectivity index (χ3v) is 14.4. The fourth-order valence-electron chi connectivity index (χ4n) is 10.5. The summed E-state index contributed by atoms with van der Waals surface area (Å²) in [4.78, 5) is 9.68. The van der Waals surface area contributed by atoms with Gasteiger partial charge < -0.3 is 9.15 Å². The maximum absolute atomic E-state index is 9.31. The molecule has 0 bridgehead atoms. The first-order chi connectivity index (χ1) is 33.9. The Kier molecular flexibility index (Phi) is 10.1. The van der Waals surface area contributed by atoms with E-state index >= 15 is 0 Å². The zero-order chi connectivity index (χ0) is 47.8. The van der Waals surface area contributed by atoms with E-state index in [2.05, 4.69) is 178 Å². The van der Waals surface area contributed by atoms with E-state index in [9.17, 15) is 1.37 Å². The van der Waals surface area contributed by atoms with Crippen LogP contribution < -0.4 is 4.74 Å². The first-order valence-corrected chi connectivity index (χ1v) is 24.3. The second kappa shape index (κ2) is 16.8. The van der Waals surface area contributed by atoms with Crippen LogP contribution in [-0.4, -0.2) is 14.5 Å². The summed E-state index contributed by atoms with van der Waals surface area (Å²) in [6.45, 7) is 11.5. The first kappa shape index (κ1) is 41.4. The van der Waals surface area contributed by atoms with Crippen molar-refractivity contribution < 1.29 is 10.5 Å². The Balaban J connectivity index is 0.975. The lowest BCUT2D eigenvalue weighted by Gasteiger charge is -2.34. The first-order valence-electron chi connectivity index (χ1n) is 24.8. The van der Waals surface area contributed by atoms with Crippen LogP contribution in [0.5, 0.6) is 11.5 Å². The molecule has 1 saturated carbocycles. The summed E-state index contributed by atoms with van der Waals surface area (Å²) < 4.78 is 25.4. The number of pyridine rings is 1. The van der Waals surface area contributed by atoms with E-state index in [0.29, 0.717) is 16.9 Å². The van der Waals surface area contributed by atoms with E-state index in [4.69, 9.17) is 14.1 Å². The van der Waals surface area contributed by atoms with Crippen LogP contribution in [0.25, 0.3) is 94.1 Å². The highest BCUT2D eigenvalue weighted by atomic mass is 16.5. The number of aromatic nitrogens is 3. The molecule has 338 valence electrons. The molecule has 1 aliphatic rings. The van der Waals surface area contributed by atoms with E-state index in [1.54, 1.807) is 0 Å². The van der Waals surface area contributed by atoms with Crippen LogP contribution in [0.2, 0.25) is 0 Å². The van der Waals surface area contributed by atoms with Gasteiger partial charge >= 0.3 is 0 Å². The molecule has 0 unspecified atom stereocenters. The molecular formula is C64H55N3O2. The van der Waals surface area contributed by atoms with Crippen LogP contribution in [0.3, 0.4) is 0 Å². The van der Waals surface area contributed by atoms with Crippen molar-refractivity contribution in [3.05, 3.63) is 200 Å². The van der Waals surface area contributed by atoms with Crippen molar-refractivity contribution in [3.8, 4) is 62.1 Å². The second-order valence-electron chi connectivity index (χ2n) is 20.7. The minimum absolute atomic E-state index is 0.174. The van der Waals surface area contributed by atoms with Crippen molar-refractivity contribution in [3.63, 3.8) is 0 Å². The predicted octanol–water partition coefficient (Wildman–Crippen LogP) is 17.9. The fourth-order valence-corrected chi connectivity index (χ4v) is 10.5. The summed E-state index contributed by atoms with van der Waals surface area (Å²) in [6, 6.07) is 59.9. The van der Waals surface area contributed by atoms with Crippen LogP contribution in [0, 0.1) is 5.41 Å². The molecule has 1 aliphatic carbocycles. The molecule has 0 aliphatic heterocycles. The number of imidazole rings is 1. The number of hydrogen-bond donors (Lipinski definition) is 0. The smallest absolute Gasteiger partial charge is 0.148 e. The third kappa shape index (κ3) is 8.06. The number of fused-ring (bicyclic) bond motifs is 6. The maximum Gasteiger partial charge on any atom is 0.148 e. The highest BCUT2D eigenvalue weighted by Crippen LogP contribution is 2.45. The van der Waals surface area contributed by atoms with E-state index in [-0.39, 0.29) is 5.41 Å². The van der Waals surface area contributed by atoms with Gasteiger partial charge in [0.2, 0.25) is 0 Å². The van der Waals surface area contributed by atoms with Gasteiger partial charge in [0, 0.05) is 36.3 Å². The van der Waals surface area contributed by atoms with E-state index in [0.717, 1.165) is 114 Å². The van der Waals surface area contributed by atoms with Crippen molar-refractivity contribution in [2.24, 2.45) is 5.41 Å². The third-order valence-electron chi connectivity index (χ3n) is 14.4. The highest BCUT2D eigenvalue weighted by molar-refractivity contribution is 6.18. The quantitative estimate of drug-likeness (QED) is 0.143. The number of furan rings is 1. The molecule has 1 fully saturated rings. The molecule has 5 nitrogen and oxygen atoms in total. The molecule has 3 aromatic heterocycles. The number of benzene rings is 8. The van der Waals surface area contributed by atoms with Crippen molar-refractivity contribution in [1.29, 1.82) is 0 Å². The van der Waals surface area contributed by atoms with Crippen molar-refractivity contribution in [2.45, 2.75) is 71.6 Å². The van der Waals surface area contributed by atoms with Gasteiger partial charge in [0.1, 0.15) is 28.5 Å². The summed E-state index contributed by atoms with van der Waals surface area (Å²) >= 11 is 0. The highest BCUT2D eigenvalue weighted by Gasteiger charge is 2.28. The van der Waals surface area contributed by atoms with Crippen molar-refractivity contribution in [1.82, 2.24) is 14.5 Å². The fraction of sp³-hybridized carbons (Fsp3) is 0.188. The van der Waals surface area contributed by atoms with Gasteiger partial charge in [-0.1, -0.05) is 138 Å². The molecule has 0 atom stereocenters. The number of hydrogen-bond acceptors (Lipinski definition) is 4. The van der Waals surface area contributed by atoms with Gasteiger partial charge in [0.15, 0.2) is 0 Å². The molecule has 3 heterocycles. The minimum Gasteiger partial charge on any atom is -0.457 e. The van der Waals surface area contributed by atoms with Gasteiger partial charge in [-0.3, -0.25) is 9.55 Å². The molecule has 12 rings (SSSR count). The standard InChI is InChI=1S/C64H55N3O2/c1-63(2,3)57-37-46(41-12-7-6-8-13-41)24-26-59(57)67-33-32-66-62(67)56-39-51(68-50-15-11-14-49(35-50)58-16-9-10-31-65-58)38-55-54-36-48-22-21-47-34-45(23-25-52(47)53(48)40-60(54)69-61(55)56)43-19-17-42(18-20-43)44-27-29-64(4,5)30-28-44/h6-26,31-40,44H,27-30H2,1-5H3/i44D. The number of rotatable bonds is 8. The summed E-state index contributed by atoms with van der Waals surface area (Å²) in [5.74, 6) is 1.63. The lowest BCUT2D eigenvalue weighted by atomic mass is 9.71. The van der Waals surface area contributed by atoms with Crippen LogP contribution in [-0.2, 0) is 5.41 Å². The molecule has 0 N–H and O–H groups in total. The topological polar surface area (TPSA) is 53.1 Å². The van der Waals surface area contributed by atoms with Gasteiger partial charge in [-0.05, 0) is 164 Å². The molecule has 8 aromatic carbocycles. The molecule has 5 heteroatoms. The summed E-state index contributed by atoms with van der Waals surface area (Å²) in [6.07, 6.45) is 9.73. The second-order valence-corrected chi connectivity index (χ2v) is 20.7. The number of ether oxygens (including phenoxy) is 1. The van der Waals surface area contributed by atoms with Crippen LogP contribution in [0.1, 0.15) is 78.7 Å². The largest absolute Gasteiger partial charge is 0.457 e.